The third-order valence-electron chi connectivity index (χ3n) is 6.14. The molecule has 5 nitrogen and oxygen atoms in total. The number of aryl methyl sites for hydroxylation is 1. The normalized spacial score (nSPS) is 15.0. The predicted molar refractivity (Wildman–Crippen MR) is 117 cm³/mol. The fraction of sp³-hybridized carbons (Fsp3) is 0.280. The zero-order valence-electron chi connectivity index (χ0n) is 17.1. The second-order valence-electron chi connectivity index (χ2n) is 8.01. The van der Waals surface area contributed by atoms with Gasteiger partial charge in [0.2, 0.25) is 11.8 Å². The van der Waals surface area contributed by atoms with Gasteiger partial charge >= 0.3 is 0 Å². The highest BCUT2D eigenvalue weighted by Gasteiger charge is 2.26. The van der Waals surface area contributed by atoms with Crippen LogP contribution in [0.15, 0.2) is 65.2 Å². The largest absolute Gasteiger partial charge is 0.441 e. The van der Waals surface area contributed by atoms with Crippen molar-refractivity contribution in [3.8, 4) is 11.5 Å². The Hall–Kier alpha value is -3.34. The second kappa shape index (κ2) is 7.82. The molecule has 1 fully saturated rings. The Morgan fingerprint density at radius 3 is 2.63 bits per heavy atom. The molecule has 2 aromatic heterocycles. The van der Waals surface area contributed by atoms with E-state index in [1.54, 1.807) is 0 Å². The Morgan fingerprint density at radius 1 is 1.10 bits per heavy atom. The van der Waals surface area contributed by atoms with Crippen LogP contribution in [0.1, 0.15) is 35.8 Å². The van der Waals surface area contributed by atoms with Crippen LogP contribution < -0.4 is 0 Å². The van der Waals surface area contributed by atoms with E-state index in [1.807, 2.05) is 42.2 Å². The lowest BCUT2D eigenvalue weighted by Crippen LogP contribution is -2.38. The molecule has 2 aromatic carbocycles. The number of rotatable bonds is 4. The van der Waals surface area contributed by atoms with Crippen molar-refractivity contribution in [1.82, 2.24) is 14.9 Å². The van der Waals surface area contributed by atoms with Crippen LogP contribution >= 0.6 is 0 Å². The van der Waals surface area contributed by atoms with E-state index in [9.17, 15) is 4.79 Å². The number of hydrogen-bond acceptors (Lipinski definition) is 3. The summed E-state index contributed by atoms with van der Waals surface area (Å²) < 4.78 is 5.81. The first-order valence-corrected chi connectivity index (χ1v) is 10.5. The molecule has 0 spiro atoms. The zero-order valence-corrected chi connectivity index (χ0v) is 17.1. The van der Waals surface area contributed by atoms with E-state index >= 15 is 0 Å². The lowest BCUT2D eigenvalue weighted by atomic mass is 9.89. The number of para-hydroxylation sites is 1. The van der Waals surface area contributed by atoms with Crippen LogP contribution in [0.25, 0.3) is 22.4 Å². The fourth-order valence-electron chi connectivity index (χ4n) is 4.42. The van der Waals surface area contributed by atoms with Crippen molar-refractivity contribution in [2.24, 2.45) is 0 Å². The summed E-state index contributed by atoms with van der Waals surface area (Å²) in [4.78, 5) is 22.8. The summed E-state index contributed by atoms with van der Waals surface area (Å²) in [5.74, 6) is 1.91. The monoisotopic (exact) mass is 399 g/mol. The van der Waals surface area contributed by atoms with Gasteiger partial charge < -0.3 is 14.3 Å². The van der Waals surface area contributed by atoms with Crippen LogP contribution in [0, 0.1) is 6.92 Å². The summed E-state index contributed by atoms with van der Waals surface area (Å²) in [7, 11) is 0. The Morgan fingerprint density at radius 2 is 1.83 bits per heavy atom. The van der Waals surface area contributed by atoms with Gasteiger partial charge in [-0.05, 0) is 49.4 Å². The molecule has 0 bridgehead atoms. The number of H-pyrrole nitrogens is 1. The molecule has 0 radical (unpaired) electrons. The number of fused-ring (bicyclic) bond motifs is 1. The molecule has 1 amide bonds. The Kier molecular flexibility index (Phi) is 4.87. The molecule has 152 valence electrons. The number of hydrogen-bond donors (Lipinski definition) is 1. The average molecular weight is 399 g/mol. The molecule has 0 aliphatic carbocycles. The maximum atomic E-state index is 12.9. The number of benzene rings is 2. The molecule has 30 heavy (non-hydrogen) atoms. The van der Waals surface area contributed by atoms with Gasteiger partial charge in [-0.15, -0.1) is 0 Å². The van der Waals surface area contributed by atoms with Crippen LogP contribution in [0.3, 0.4) is 0 Å². The third-order valence-corrected chi connectivity index (χ3v) is 6.14. The maximum absolute atomic E-state index is 12.9. The predicted octanol–water partition coefficient (Wildman–Crippen LogP) is 5.08. The van der Waals surface area contributed by atoms with Crippen LogP contribution in [0.5, 0.6) is 0 Å². The van der Waals surface area contributed by atoms with E-state index in [0.717, 1.165) is 42.9 Å². The number of nitrogens with zero attached hydrogens (tertiary/aromatic N) is 2. The first-order valence-electron chi connectivity index (χ1n) is 10.5. The molecule has 1 aliphatic rings. The summed E-state index contributed by atoms with van der Waals surface area (Å²) in [5.41, 5.74) is 4.22. The number of carbonyl (C=O) groups is 1. The summed E-state index contributed by atoms with van der Waals surface area (Å²) in [6, 6.07) is 18.2. The first-order chi connectivity index (χ1) is 14.7. The van der Waals surface area contributed by atoms with E-state index in [1.165, 1.54) is 16.5 Å². The minimum atomic E-state index is 0.128. The molecule has 1 N–H and O–H groups in total. The standard InChI is InChI=1S/C25H25N3O2/c1-17-23(27-25(30-17)19-7-3-2-4-8-19)15-24(29)28-13-11-18(12-14-28)21-16-26-22-10-6-5-9-20(21)22/h2-10,16,18,26H,11-15H2,1H3. The van der Waals surface area contributed by atoms with E-state index in [0.29, 0.717) is 18.2 Å². The highest BCUT2D eigenvalue weighted by atomic mass is 16.4. The van der Waals surface area contributed by atoms with Gasteiger partial charge in [0.05, 0.1) is 12.1 Å². The number of aromatic nitrogens is 2. The van der Waals surface area contributed by atoms with Crippen LogP contribution in [0.4, 0.5) is 0 Å². The SMILES string of the molecule is Cc1oc(-c2ccccc2)nc1CC(=O)N1CCC(c2c[nH]c3ccccc23)CC1. The van der Waals surface area contributed by atoms with Crippen molar-refractivity contribution in [2.75, 3.05) is 13.1 Å². The van der Waals surface area contributed by atoms with Crippen molar-refractivity contribution in [3.63, 3.8) is 0 Å². The van der Waals surface area contributed by atoms with Gasteiger partial charge in [-0.25, -0.2) is 4.98 Å². The average Bonchev–Trinajstić information content (AvgIpc) is 3.38. The summed E-state index contributed by atoms with van der Waals surface area (Å²) in [6.07, 6.45) is 4.40. The van der Waals surface area contributed by atoms with E-state index in [4.69, 9.17) is 4.42 Å². The molecule has 5 rings (SSSR count). The first kappa shape index (κ1) is 18.7. The van der Waals surface area contributed by atoms with Crippen molar-refractivity contribution in [1.29, 1.82) is 0 Å². The Bertz CT molecular complexity index is 1170. The van der Waals surface area contributed by atoms with Crippen molar-refractivity contribution >= 4 is 16.8 Å². The molecule has 1 saturated heterocycles. The van der Waals surface area contributed by atoms with Crippen molar-refractivity contribution in [2.45, 2.75) is 32.1 Å². The fourth-order valence-corrected chi connectivity index (χ4v) is 4.42. The van der Waals surface area contributed by atoms with E-state index in [-0.39, 0.29) is 5.91 Å². The van der Waals surface area contributed by atoms with Gasteiger partial charge in [0.1, 0.15) is 5.76 Å². The second-order valence-corrected chi connectivity index (χ2v) is 8.01. The number of likely N-dealkylation sites (tertiary alicyclic amines) is 1. The molecule has 0 unspecified atom stereocenters. The van der Waals surface area contributed by atoms with Gasteiger partial charge in [-0.2, -0.15) is 0 Å². The van der Waals surface area contributed by atoms with Crippen molar-refractivity contribution < 1.29 is 9.21 Å². The van der Waals surface area contributed by atoms with Gasteiger partial charge in [-0.3, -0.25) is 4.79 Å². The number of nitrogens with one attached hydrogen (secondary N) is 1. The number of carbonyl (C=O) groups excluding carboxylic acids is 1. The maximum Gasteiger partial charge on any atom is 0.228 e. The number of oxazole rings is 1. The van der Waals surface area contributed by atoms with E-state index < -0.39 is 0 Å². The van der Waals surface area contributed by atoms with Crippen LogP contribution in [-0.4, -0.2) is 33.9 Å². The lowest BCUT2D eigenvalue weighted by molar-refractivity contribution is -0.131. The van der Waals surface area contributed by atoms with Gasteiger partial charge in [0.25, 0.3) is 0 Å². The highest BCUT2D eigenvalue weighted by Crippen LogP contribution is 2.33. The van der Waals surface area contributed by atoms with Gasteiger partial charge in [0.15, 0.2) is 0 Å². The quantitative estimate of drug-likeness (QED) is 0.520. The molecule has 1 aliphatic heterocycles. The topological polar surface area (TPSA) is 62.1 Å². The minimum Gasteiger partial charge on any atom is -0.441 e. The minimum absolute atomic E-state index is 0.128. The summed E-state index contributed by atoms with van der Waals surface area (Å²) >= 11 is 0. The smallest absolute Gasteiger partial charge is 0.228 e. The Labute approximate surface area is 175 Å². The molecule has 0 atom stereocenters. The molecule has 4 aromatic rings. The Balaban J connectivity index is 1.24. The molecular weight excluding hydrogens is 374 g/mol. The third kappa shape index (κ3) is 3.52. The van der Waals surface area contributed by atoms with Gasteiger partial charge in [0, 0.05) is 35.8 Å². The number of aromatic amines is 1. The highest BCUT2D eigenvalue weighted by molar-refractivity contribution is 5.84. The molecular formula is C25H25N3O2. The molecule has 0 saturated carbocycles. The lowest BCUT2D eigenvalue weighted by Gasteiger charge is -2.32. The number of amides is 1. The number of piperidine rings is 1. The zero-order chi connectivity index (χ0) is 20.5. The van der Waals surface area contributed by atoms with Crippen molar-refractivity contribution in [3.05, 3.63) is 77.8 Å². The van der Waals surface area contributed by atoms with Crippen LogP contribution in [0.2, 0.25) is 0 Å². The van der Waals surface area contributed by atoms with E-state index in [2.05, 4.69) is 40.4 Å². The summed E-state index contributed by atoms with van der Waals surface area (Å²) in [5, 5.41) is 1.30. The summed E-state index contributed by atoms with van der Waals surface area (Å²) in [6.45, 7) is 3.45. The van der Waals surface area contributed by atoms with Crippen LogP contribution in [-0.2, 0) is 11.2 Å². The molecule has 3 heterocycles. The molecule has 5 heteroatoms. The van der Waals surface area contributed by atoms with Gasteiger partial charge in [-0.1, -0.05) is 36.4 Å².